The van der Waals surface area contributed by atoms with Crippen LogP contribution in [0.3, 0.4) is 0 Å². The van der Waals surface area contributed by atoms with Gasteiger partial charge in [0.2, 0.25) is 0 Å². The van der Waals surface area contributed by atoms with Crippen molar-refractivity contribution >= 4 is 15.8 Å². The highest BCUT2D eigenvalue weighted by Gasteiger charge is 2.45. The lowest BCUT2D eigenvalue weighted by atomic mass is 9.92. The largest absolute Gasteiger partial charge is 0.357 e. The molecule has 2 aromatic rings. The molecule has 0 radical (unpaired) electrons. The standard InChI is InChI=1S/C24H33N3O2S/c1-3-25-23(27-18-24(14-15-24)19-30(2,28)29)26-17-22(21-12-8-5-9-13-21)16-20-10-6-4-7-11-20/h4-13,22H,3,14-19H2,1-2H3,(H2,25,26,27). The van der Waals surface area contributed by atoms with Crippen LogP contribution in [0.4, 0.5) is 0 Å². The summed E-state index contributed by atoms with van der Waals surface area (Å²) in [7, 11) is -2.99. The van der Waals surface area contributed by atoms with Crippen LogP contribution in [0.25, 0.3) is 0 Å². The van der Waals surface area contributed by atoms with Crippen LogP contribution in [0.1, 0.15) is 36.8 Å². The van der Waals surface area contributed by atoms with Gasteiger partial charge in [-0.3, -0.25) is 4.99 Å². The Labute approximate surface area is 180 Å². The Balaban J connectivity index is 1.68. The van der Waals surface area contributed by atoms with Crippen LogP contribution in [0.5, 0.6) is 0 Å². The van der Waals surface area contributed by atoms with E-state index in [0.29, 0.717) is 12.5 Å². The second-order valence-corrected chi connectivity index (χ2v) is 10.6. The second kappa shape index (κ2) is 10.1. The fourth-order valence-electron chi connectivity index (χ4n) is 3.82. The Morgan fingerprint density at radius 2 is 1.67 bits per heavy atom. The summed E-state index contributed by atoms with van der Waals surface area (Å²) in [5.74, 6) is 1.29. The third kappa shape index (κ3) is 7.17. The molecule has 0 aromatic heterocycles. The zero-order valence-corrected chi connectivity index (χ0v) is 18.8. The molecule has 0 heterocycles. The van der Waals surface area contributed by atoms with E-state index in [4.69, 9.17) is 4.99 Å². The third-order valence-electron chi connectivity index (χ3n) is 5.55. The first-order valence-corrected chi connectivity index (χ1v) is 12.7. The molecule has 6 heteroatoms. The molecule has 0 saturated heterocycles. The molecule has 0 bridgehead atoms. The molecule has 1 saturated carbocycles. The zero-order chi connectivity index (χ0) is 21.5. The normalized spacial score (nSPS) is 16.7. The highest BCUT2D eigenvalue weighted by molar-refractivity contribution is 7.90. The first-order chi connectivity index (χ1) is 14.4. The van der Waals surface area contributed by atoms with Crippen molar-refractivity contribution in [2.24, 2.45) is 10.4 Å². The first kappa shape index (κ1) is 22.3. The summed E-state index contributed by atoms with van der Waals surface area (Å²) in [6.07, 6.45) is 4.12. The van der Waals surface area contributed by atoms with E-state index in [0.717, 1.165) is 38.3 Å². The summed E-state index contributed by atoms with van der Waals surface area (Å²) >= 11 is 0. The highest BCUT2D eigenvalue weighted by atomic mass is 32.2. The molecule has 2 aromatic carbocycles. The van der Waals surface area contributed by atoms with Crippen LogP contribution in [0.2, 0.25) is 0 Å². The lowest BCUT2D eigenvalue weighted by molar-refractivity contribution is 0.549. The number of aliphatic imine (C=N–C) groups is 1. The van der Waals surface area contributed by atoms with Crippen molar-refractivity contribution in [1.82, 2.24) is 10.6 Å². The summed E-state index contributed by atoms with van der Waals surface area (Å²) in [6.45, 7) is 4.10. The highest BCUT2D eigenvalue weighted by Crippen LogP contribution is 2.46. The lowest BCUT2D eigenvalue weighted by Gasteiger charge is -2.21. The minimum Gasteiger partial charge on any atom is -0.357 e. The molecule has 0 amide bonds. The number of rotatable bonds is 10. The first-order valence-electron chi connectivity index (χ1n) is 10.7. The number of sulfone groups is 1. The Morgan fingerprint density at radius 3 is 2.23 bits per heavy atom. The van der Waals surface area contributed by atoms with Gasteiger partial charge in [0.1, 0.15) is 9.84 Å². The Morgan fingerprint density at radius 1 is 1.03 bits per heavy atom. The van der Waals surface area contributed by atoms with E-state index in [-0.39, 0.29) is 11.2 Å². The molecule has 1 aliphatic carbocycles. The molecule has 30 heavy (non-hydrogen) atoms. The van der Waals surface area contributed by atoms with Gasteiger partial charge in [-0.25, -0.2) is 8.42 Å². The average molecular weight is 428 g/mol. The number of nitrogens with zero attached hydrogens (tertiary/aromatic N) is 1. The third-order valence-corrected chi connectivity index (χ3v) is 6.69. The number of hydrogen-bond acceptors (Lipinski definition) is 3. The summed E-state index contributed by atoms with van der Waals surface area (Å²) in [5.41, 5.74) is 2.43. The number of benzene rings is 2. The molecule has 0 spiro atoms. The van der Waals surface area contributed by atoms with Crippen molar-refractivity contribution in [3.63, 3.8) is 0 Å². The molecule has 1 atom stereocenters. The molecular weight excluding hydrogens is 394 g/mol. The van der Waals surface area contributed by atoms with Crippen molar-refractivity contribution in [1.29, 1.82) is 0 Å². The van der Waals surface area contributed by atoms with Crippen molar-refractivity contribution < 1.29 is 8.42 Å². The predicted octanol–water partition coefficient (Wildman–Crippen LogP) is 3.39. The number of nitrogens with one attached hydrogen (secondary N) is 2. The number of hydrogen-bond donors (Lipinski definition) is 2. The van der Waals surface area contributed by atoms with Gasteiger partial charge >= 0.3 is 0 Å². The monoisotopic (exact) mass is 427 g/mol. The van der Waals surface area contributed by atoms with E-state index in [1.54, 1.807) is 0 Å². The quantitative estimate of drug-likeness (QED) is 0.450. The molecule has 162 valence electrons. The van der Waals surface area contributed by atoms with Gasteiger partial charge in [-0.05, 0) is 37.3 Å². The van der Waals surface area contributed by atoms with Gasteiger partial charge < -0.3 is 10.6 Å². The smallest absolute Gasteiger partial charge is 0.191 e. The molecule has 3 rings (SSSR count). The Hall–Kier alpha value is -2.34. The van der Waals surface area contributed by atoms with E-state index < -0.39 is 9.84 Å². The topological polar surface area (TPSA) is 70.6 Å². The van der Waals surface area contributed by atoms with Gasteiger partial charge in [-0.1, -0.05) is 60.7 Å². The fourth-order valence-corrected chi connectivity index (χ4v) is 5.31. The average Bonchev–Trinajstić information content (AvgIpc) is 3.48. The van der Waals surface area contributed by atoms with Crippen LogP contribution < -0.4 is 10.6 Å². The summed E-state index contributed by atoms with van der Waals surface area (Å²) < 4.78 is 23.4. The van der Waals surface area contributed by atoms with Crippen LogP contribution in [0.15, 0.2) is 65.7 Å². The van der Waals surface area contributed by atoms with Crippen LogP contribution in [0, 0.1) is 5.41 Å². The van der Waals surface area contributed by atoms with Gasteiger partial charge in [-0.2, -0.15) is 0 Å². The molecule has 1 fully saturated rings. The van der Waals surface area contributed by atoms with E-state index in [2.05, 4.69) is 59.2 Å². The summed E-state index contributed by atoms with van der Waals surface area (Å²) in [6, 6.07) is 21.1. The van der Waals surface area contributed by atoms with E-state index >= 15 is 0 Å². The van der Waals surface area contributed by atoms with Gasteiger partial charge in [-0.15, -0.1) is 0 Å². The SMILES string of the molecule is CCNC(=NCC1(CS(C)(=O)=O)CC1)NCC(Cc1ccccc1)c1ccccc1. The Bertz CT molecular complexity index is 923. The zero-order valence-electron chi connectivity index (χ0n) is 18.0. The summed E-state index contributed by atoms with van der Waals surface area (Å²) in [4.78, 5) is 4.73. The van der Waals surface area contributed by atoms with E-state index in [1.165, 1.54) is 17.4 Å². The molecule has 2 N–H and O–H groups in total. The van der Waals surface area contributed by atoms with Crippen LogP contribution in [-0.2, 0) is 16.3 Å². The van der Waals surface area contributed by atoms with Gasteiger partial charge in [0.25, 0.3) is 0 Å². The maximum Gasteiger partial charge on any atom is 0.191 e. The minimum absolute atomic E-state index is 0.168. The molecule has 0 aliphatic heterocycles. The molecule has 1 aliphatic rings. The maximum atomic E-state index is 11.7. The minimum atomic E-state index is -2.99. The maximum absolute atomic E-state index is 11.7. The van der Waals surface area contributed by atoms with Gasteiger partial charge in [0, 0.05) is 37.2 Å². The van der Waals surface area contributed by atoms with Gasteiger partial charge in [0.05, 0.1) is 5.75 Å². The van der Waals surface area contributed by atoms with Crippen molar-refractivity contribution in [3.05, 3.63) is 71.8 Å². The van der Waals surface area contributed by atoms with Crippen LogP contribution in [-0.4, -0.2) is 46.0 Å². The summed E-state index contributed by atoms with van der Waals surface area (Å²) in [5, 5.41) is 6.80. The Kier molecular flexibility index (Phi) is 7.53. The lowest BCUT2D eigenvalue weighted by Crippen LogP contribution is -2.40. The van der Waals surface area contributed by atoms with Crippen LogP contribution >= 0.6 is 0 Å². The van der Waals surface area contributed by atoms with Crippen molar-refractivity contribution in [2.75, 3.05) is 31.6 Å². The predicted molar refractivity (Wildman–Crippen MR) is 125 cm³/mol. The van der Waals surface area contributed by atoms with E-state index in [9.17, 15) is 8.42 Å². The fraction of sp³-hybridized carbons (Fsp3) is 0.458. The molecular formula is C24H33N3O2S. The number of guanidine groups is 1. The molecule has 1 unspecified atom stereocenters. The molecule has 5 nitrogen and oxygen atoms in total. The second-order valence-electron chi connectivity index (χ2n) is 8.44. The van der Waals surface area contributed by atoms with Crippen molar-refractivity contribution in [3.8, 4) is 0 Å². The van der Waals surface area contributed by atoms with Gasteiger partial charge in [0.15, 0.2) is 5.96 Å². The van der Waals surface area contributed by atoms with E-state index in [1.807, 2.05) is 19.1 Å². The van der Waals surface area contributed by atoms with Crippen molar-refractivity contribution in [2.45, 2.75) is 32.1 Å².